The molecule has 1 aromatic heterocycles. The van der Waals surface area contributed by atoms with Gasteiger partial charge in [0.15, 0.2) is 5.13 Å². The van der Waals surface area contributed by atoms with E-state index in [-0.39, 0.29) is 11.8 Å². The first-order valence-corrected chi connectivity index (χ1v) is 9.59. The van der Waals surface area contributed by atoms with Crippen LogP contribution in [-0.4, -0.2) is 27.7 Å². The second kappa shape index (κ2) is 7.32. The van der Waals surface area contributed by atoms with Crippen molar-refractivity contribution in [2.75, 3.05) is 5.32 Å². The quantitative estimate of drug-likeness (QED) is 0.758. The fourth-order valence-electron chi connectivity index (χ4n) is 3.32. The van der Waals surface area contributed by atoms with E-state index in [9.17, 15) is 9.59 Å². The Morgan fingerprint density at radius 2 is 1.78 bits per heavy atom. The van der Waals surface area contributed by atoms with Crippen molar-refractivity contribution in [3.8, 4) is 0 Å². The minimum absolute atomic E-state index is 0.138. The summed E-state index contributed by atoms with van der Waals surface area (Å²) >= 11 is 1.43. The zero-order valence-corrected chi connectivity index (χ0v) is 15.7. The molecule has 1 N–H and O–H groups in total. The van der Waals surface area contributed by atoms with E-state index in [1.54, 1.807) is 23.2 Å². The molecule has 0 radical (unpaired) electrons. The number of amides is 2. The number of anilines is 1. The van der Waals surface area contributed by atoms with Crippen LogP contribution in [0.2, 0.25) is 0 Å². The van der Waals surface area contributed by atoms with Gasteiger partial charge in [-0.3, -0.25) is 9.59 Å². The van der Waals surface area contributed by atoms with Gasteiger partial charge >= 0.3 is 0 Å². The maximum Gasteiger partial charge on any atom is 0.254 e. The van der Waals surface area contributed by atoms with E-state index in [0.717, 1.165) is 16.0 Å². The zero-order valence-electron chi connectivity index (χ0n) is 14.9. The molecule has 2 aromatic carbocycles. The molecule has 0 saturated carbocycles. The standard InChI is InChI=1S/C21H19N3O2S/c1-14-12-22-21(27-14)23-19(25)18-11-16-9-5-6-10-17(16)13-24(18)20(26)15-7-3-2-4-8-15/h2-10,12,18H,11,13H2,1H3,(H,22,23,25). The maximum atomic E-state index is 13.1. The number of carbonyl (C=O) groups excluding carboxylic acids is 2. The van der Waals surface area contributed by atoms with Crippen LogP contribution in [0, 0.1) is 6.92 Å². The summed E-state index contributed by atoms with van der Waals surface area (Å²) in [6, 6.07) is 16.5. The third-order valence-corrected chi connectivity index (χ3v) is 5.51. The highest BCUT2D eigenvalue weighted by Crippen LogP contribution is 2.26. The number of hydrogen-bond donors (Lipinski definition) is 1. The number of rotatable bonds is 3. The van der Waals surface area contributed by atoms with Gasteiger partial charge in [0.25, 0.3) is 5.91 Å². The highest BCUT2D eigenvalue weighted by molar-refractivity contribution is 7.15. The van der Waals surface area contributed by atoms with Crippen LogP contribution in [0.1, 0.15) is 26.4 Å². The number of aryl methyl sites for hydroxylation is 1. The maximum absolute atomic E-state index is 13.1. The van der Waals surface area contributed by atoms with Crippen molar-refractivity contribution in [2.45, 2.75) is 25.9 Å². The number of hydrogen-bond acceptors (Lipinski definition) is 4. The largest absolute Gasteiger partial charge is 0.322 e. The molecule has 3 aromatic rings. The van der Waals surface area contributed by atoms with Crippen molar-refractivity contribution in [3.05, 3.63) is 82.4 Å². The first kappa shape index (κ1) is 17.4. The number of benzene rings is 2. The SMILES string of the molecule is Cc1cnc(NC(=O)C2Cc3ccccc3CN2C(=O)c2ccccc2)s1. The van der Waals surface area contributed by atoms with E-state index in [2.05, 4.69) is 10.3 Å². The summed E-state index contributed by atoms with van der Waals surface area (Å²) in [5, 5.41) is 3.43. The van der Waals surface area contributed by atoms with E-state index < -0.39 is 6.04 Å². The van der Waals surface area contributed by atoms with Crippen LogP contribution in [0.4, 0.5) is 5.13 Å². The molecule has 27 heavy (non-hydrogen) atoms. The first-order chi connectivity index (χ1) is 13.1. The molecule has 0 saturated heterocycles. The number of nitrogens with zero attached hydrogens (tertiary/aromatic N) is 2. The Balaban J connectivity index is 1.65. The Labute approximate surface area is 161 Å². The molecule has 1 atom stereocenters. The minimum Gasteiger partial charge on any atom is -0.322 e. The van der Waals surface area contributed by atoms with Crippen LogP contribution >= 0.6 is 11.3 Å². The summed E-state index contributed by atoms with van der Waals surface area (Å²) < 4.78 is 0. The summed E-state index contributed by atoms with van der Waals surface area (Å²) in [6.45, 7) is 2.36. The summed E-state index contributed by atoms with van der Waals surface area (Å²) in [6.07, 6.45) is 2.22. The lowest BCUT2D eigenvalue weighted by Gasteiger charge is -2.36. The molecular formula is C21H19N3O2S. The molecule has 5 nitrogen and oxygen atoms in total. The van der Waals surface area contributed by atoms with Crippen LogP contribution in [0.3, 0.4) is 0 Å². The Hall–Kier alpha value is -2.99. The molecule has 136 valence electrons. The lowest BCUT2D eigenvalue weighted by molar-refractivity contribution is -0.121. The molecule has 2 heterocycles. The molecule has 2 amide bonds. The molecule has 0 bridgehead atoms. The number of fused-ring (bicyclic) bond motifs is 1. The van der Waals surface area contributed by atoms with Crippen molar-refractivity contribution >= 4 is 28.3 Å². The monoisotopic (exact) mass is 377 g/mol. The second-order valence-corrected chi connectivity index (χ2v) is 7.79. The summed E-state index contributed by atoms with van der Waals surface area (Å²) in [4.78, 5) is 33.0. The predicted octanol–water partition coefficient (Wildman–Crippen LogP) is 3.66. The van der Waals surface area contributed by atoms with Crippen molar-refractivity contribution in [1.29, 1.82) is 0 Å². The Morgan fingerprint density at radius 3 is 2.48 bits per heavy atom. The van der Waals surface area contributed by atoms with Gasteiger partial charge in [-0.25, -0.2) is 4.98 Å². The fraction of sp³-hybridized carbons (Fsp3) is 0.190. The average Bonchev–Trinajstić information content (AvgIpc) is 3.11. The third-order valence-electron chi connectivity index (χ3n) is 4.68. The summed E-state index contributed by atoms with van der Waals surface area (Å²) in [7, 11) is 0. The van der Waals surface area contributed by atoms with Crippen LogP contribution in [0.25, 0.3) is 0 Å². The van der Waals surface area contributed by atoms with Gasteiger partial charge in [-0.05, 0) is 30.2 Å². The van der Waals surface area contributed by atoms with Crippen molar-refractivity contribution < 1.29 is 9.59 Å². The van der Waals surface area contributed by atoms with E-state index >= 15 is 0 Å². The minimum atomic E-state index is -0.572. The highest BCUT2D eigenvalue weighted by atomic mass is 32.1. The molecule has 4 rings (SSSR count). The average molecular weight is 377 g/mol. The molecule has 6 heteroatoms. The van der Waals surface area contributed by atoms with E-state index in [4.69, 9.17) is 0 Å². The lowest BCUT2D eigenvalue weighted by atomic mass is 9.93. The van der Waals surface area contributed by atoms with Crippen LogP contribution < -0.4 is 5.32 Å². The lowest BCUT2D eigenvalue weighted by Crippen LogP contribution is -2.50. The zero-order chi connectivity index (χ0) is 18.8. The van der Waals surface area contributed by atoms with Crippen LogP contribution in [0.5, 0.6) is 0 Å². The van der Waals surface area contributed by atoms with Crippen molar-refractivity contribution in [1.82, 2.24) is 9.88 Å². The molecule has 1 unspecified atom stereocenters. The van der Waals surface area contributed by atoms with Gasteiger partial charge in [-0.1, -0.05) is 42.5 Å². The van der Waals surface area contributed by atoms with E-state index in [1.165, 1.54) is 11.3 Å². The molecule has 0 aliphatic carbocycles. The van der Waals surface area contributed by atoms with Crippen molar-refractivity contribution in [2.24, 2.45) is 0 Å². The molecule has 0 fully saturated rings. The number of nitrogens with one attached hydrogen (secondary N) is 1. The van der Waals surface area contributed by atoms with Gasteiger partial charge in [0.05, 0.1) is 0 Å². The van der Waals surface area contributed by atoms with Gasteiger partial charge in [-0.15, -0.1) is 11.3 Å². The first-order valence-electron chi connectivity index (χ1n) is 8.78. The van der Waals surface area contributed by atoms with Crippen LogP contribution in [-0.2, 0) is 17.8 Å². The Bertz CT molecular complexity index is 984. The summed E-state index contributed by atoms with van der Waals surface area (Å²) in [5.41, 5.74) is 2.76. The van der Waals surface area contributed by atoms with Gasteiger partial charge < -0.3 is 10.2 Å². The van der Waals surface area contributed by atoms with E-state index in [1.807, 2.05) is 49.4 Å². The number of thiazole rings is 1. The second-order valence-electron chi connectivity index (χ2n) is 6.55. The Kier molecular flexibility index (Phi) is 4.73. The highest BCUT2D eigenvalue weighted by Gasteiger charge is 2.35. The Morgan fingerprint density at radius 1 is 1.07 bits per heavy atom. The summed E-state index contributed by atoms with van der Waals surface area (Å²) in [5.74, 6) is -0.344. The van der Waals surface area contributed by atoms with Gasteiger partial charge in [0.2, 0.25) is 5.91 Å². The number of carbonyl (C=O) groups is 2. The van der Waals surface area contributed by atoms with Gasteiger partial charge in [-0.2, -0.15) is 0 Å². The fourth-order valence-corrected chi connectivity index (χ4v) is 3.99. The molecular weight excluding hydrogens is 358 g/mol. The van der Waals surface area contributed by atoms with E-state index in [0.29, 0.717) is 23.7 Å². The number of aromatic nitrogens is 1. The van der Waals surface area contributed by atoms with Gasteiger partial charge in [0.1, 0.15) is 6.04 Å². The molecule has 1 aliphatic rings. The normalized spacial score (nSPS) is 15.9. The topological polar surface area (TPSA) is 62.3 Å². The van der Waals surface area contributed by atoms with Crippen molar-refractivity contribution in [3.63, 3.8) is 0 Å². The molecule has 1 aliphatic heterocycles. The van der Waals surface area contributed by atoms with Crippen LogP contribution in [0.15, 0.2) is 60.8 Å². The third kappa shape index (κ3) is 3.61. The predicted molar refractivity (Wildman–Crippen MR) is 106 cm³/mol. The van der Waals surface area contributed by atoms with Gasteiger partial charge in [0, 0.05) is 29.6 Å². The molecule has 0 spiro atoms. The smallest absolute Gasteiger partial charge is 0.254 e.